The largest absolute Gasteiger partial charge is 0.497 e. The van der Waals surface area contributed by atoms with Crippen molar-refractivity contribution in [1.82, 2.24) is 14.5 Å². The molecule has 10 heteroatoms. The molecule has 1 aromatic heterocycles. The van der Waals surface area contributed by atoms with Gasteiger partial charge in [-0.05, 0) is 31.2 Å². The van der Waals surface area contributed by atoms with Gasteiger partial charge in [0.25, 0.3) is 5.56 Å². The molecule has 0 N–H and O–H groups in total. The van der Waals surface area contributed by atoms with E-state index in [0.29, 0.717) is 26.2 Å². The molecule has 1 atom stereocenters. The number of hydrogen-bond donors (Lipinski definition) is 0. The molecule has 0 unspecified atom stereocenters. The van der Waals surface area contributed by atoms with Gasteiger partial charge in [-0.1, -0.05) is 18.2 Å². The third-order valence-corrected chi connectivity index (χ3v) is 5.82. The van der Waals surface area contributed by atoms with E-state index in [9.17, 15) is 22.8 Å². The zero-order chi connectivity index (χ0) is 23.8. The molecule has 1 aliphatic rings. The Bertz CT molecular complexity index is 1230. The SMILES string of the molecule is COc1cccc(N2CCN(C(=O)[C@@H](C)n3c(=O)c(C(F)(F)F)nc4ccccc43)CC2)c1. The van der Waals surface area contributed by atoms with Gasteiger partial charge in [0.2, 0.25) is 11.6 Å². The third kappa shape index (κ3) is 4.37. The summed E-state index contributed by atoms with van der Waals surface area (Å²) < 4.78 is 46.5. The van der Waals surface area contributed by atoms with Crippen LogP contribution in [0.4, 0.5) is 18.9 Å². The molecule has 4 rings (SSSR count). The molecular weight excluding hydrogens is 437 g/mol. The first kappa shape index (κ1) is 22.6. The number of halogens is 3. The summed E-state index contributed by atoms with van der Waals surface area (Å²) in [4.78, 5) is 33.2. The van der Waals surface area contributed by atoms with Gasteiger partial charge in [-0.25, -0.2) is 4.98 Å². The topological polar surface area (TPSA) is 67.7 Å². The lowest BCUT2D eigenvalue weighted by Gasteiger charge is -2.37. The van der Waals surface area contributed by atoms with Crippen LogP contribution in [0, 0.1) is 0 Å². The maximum atomic E-state index is 13.4. The van der Waals surface area contributed by atoms with E-state index >= 15 is 0 Å². The predicted molar refractivity (Wildman–Crippen MR) is 118 cm³/mol. The van der Waals surface area contributed by atoms with E-state index in [2.05, 4.69) is 9.88 Å². The van der Waals surface area contributed by atoms with Gasteiger partial charge in [-0.15, -0.1) is 0 Å². The number of aromatic nitrogens is 2. The molecule has 174 valence electrons. The van der Waals surface area contributed by atoms with E-state index in [1.807, 2.05) is 24.3 Å². The van der Waals surface area contributed by atoms with Crippen LogP contribution in [0.5, 0.6) is 5.75 Å². The van der Waals surface area contributed by atoms with Crippen molar-refractivity contribution in [1.29, 1.82) is 0 Å². The minimum atomic E-state index is -4.92. The molecule has 0 spiro atoms. The summed E-state index contributed by atoms with van der Waals surface area (Å²) in [6.45, 7) is 3.30. The van der Waals surface area contributed by atoms with E-state index in [-0.39, 0.29) is 11.0 Å². The lowest BCUT2D eigenvalue weighted by molar-refractivity contribution is -0.143. The number of nitrogens with zero attached hydrogens (tertiary/aromatic N) is 4. The summed E-state index contributed by atoms with van der Waals surface area (Å²) in [5.41, 5.74) is -1.69. The van der Waals surface area contributed by atoms with Crippen LogP contribution in [-0.4, -0.2) is 53.6 Å². The van der Waals surface area contributed by atoms with Gasteiger partial charge in [-0.2, -0.15) is 13.2 Å². The molecular formula is C23H23F3N4O3. The van der Waals surface area contributed by atoms with Crippen molar-refractivity contribution >= 4 is 22.6 Å². The number of amides is 1. The number of carbonyl (C=O) groups excluding carboxylic acids is 1. The van der Waals surface area contributed by atoms with E-state index < -0.39 is 29.4 Å². The summed E-state index contributed by atoms with van der Waals surface area (Å²) in [6, 6.07) is 12.5. The molecule has 1 amide bonds. The zero-order valence-electron chi connectivity index (χ0n) is 18.2. The van der Waals surface area contributed by atoms with Crippen LogP contribution in [0.2, 0.25) is 0 Å². The van der Waals surface area contributed by atoms with Crippen molar-refractivity contribution in [3.63, 3.8) is 0 Å². The molecule has 33 heavy (non-hydrogen) atoms. The fourth-order valence-electron chi connectivity index (χ4n) is 4.09. The van der Waals surface area contributed by atoms with Gasteiger partial charge >= 0.3 is 6.18 Å². The number of hydrogen-bond acceptors (Lipinski definition) is 5. The molecule has 2 heterocycles. The smallest absolute Gasteiger partial charge is 0.438 e. The van der Waals surface area contributed by atoms with Gasteiger partial charge in [0.15, 0.2) is 0 Å². The Kier molecular flexibility index (Phi) is 6.01. The summed E-state index contributed by atoms with van der Waals surface area (Å²) in [5.74, 6) is 0.316. The Hall–Kier alpha value is -3.56. The number of fused-ring (bicyclic) bond motifs is 1. The van der Waals surface area contributed by atoms with Crippen molar-refractivity contribution in [3.8, 4) is 5.75 Å². The molecule has 2 aromatic carbocycles. The second-order valence-electron chi connectivity index (χ2n) is 7.81. The normalized spacial score (nSPS) is 15.5. The molecule has 0 radical (unpaired) electrons. The molecule has 1 saturated heterocycles. The quantitative estimate of drug-likeness (QED) is 0.598. The molecule has 1 fully saturated rings. The number of ether oxygens (including phenoxy) is 1. The van der Waals surface area contributed by atoms with Crippen LogP contribution in [0.1, 0.15) is 18.7 Å². The Morgan fingerprint density at radius 3 is 2.42 bits per heavy atom. The number of benzene rings is 2. The fraction of sp³-hybridized carbons (Fsp3) is 0.348. The highest BCUT2D eigenvalue weighted by Gasteiger charge is 2.39. The van der Waals surface area contributed by atoms with Gasteiger partial charge in [-0.3, -0.25) is 14.2 Å². The third-order valence-electron chi connectivity index (χ3n) is 5.82. The number of methoxy groups -OCH3 is 1. The Morgan fingerprint density at radius 1 is 1.06 bits per heavy atom. The Balaban J connectivity index is 1.59. The average Bonchev–Trinajstić information content (AvgIpc) is 2.82. The second kappa shape index (κ2) is 8.76. The van der Waals surface area contributed by atoms with Crippen LogP contribution in [0.3, 0.4) is 0 Å². The Labute approximate surface area is 188 Å². The maximum Gasteiger partial charge on any atom is 0.438 e. The molecule has 0 aliphatic carbocycles. The number of anilines is 1. The van der Waals surface area contributed by atoms with Crippen LogP contribution < -0.4 is 15.2 Å². The zero-order valence-corrected chi connectivity index (χ0v) is 18.2. The number of piperazine rings is 1. The van der Waals surface area contributed by atoms with E-state index in [4.69, 9.17) is 4.74 Å². The first-order valence-electron chi connectivity index (χ1n) is 10.5. The van der Waals surface area contributed by atoms with Crippen molar-refractivity contribution in [2.24, 2.45) is 0 Å². The molecule has 0 saturated carbocycles. The van der Waals surface area contributed by atoms with Crippen molar-refractivity contribution < 1.29 is 22.7 Å². The van der Waals surface area contributed by atoms with Gasteiger partial charge < -0.3 is 14.5 Å². The molecule has 7 nitrogen and oxygen atoms in total. The summed E-state index contributed by atoms with van der Waals surface area (Å²) in [5, 5.41) is 0. The predicted octanol–water partition coefficient (Wildman–Crippen LogP) is 3.33. The second-order valence-corrected chi connectivity index (χ2v) is 7.81. The van der Waals surface area contributed by atoms with Gasteiger partial charge in [0.05, 0.1) is 18.1 Å². The van der Waals surface area contributed by atoms with E-state index in [1.54, 1.807) is 18.1 Å². The molecule has 1 aliphatic heterocycles. The molecule has 3 aromatic rings. The number of carbonyl (C=O) groups is 1. The Morgan fingerprint density at radius 2 is 1.76 bits per heavy atom. The maximum absolute atomic E-state index is 13.4. The van der Waals surface area contributed by atoms with Gasteiger partial charge in [0, 0.05) is 37.9 Å². The highest BCUT2D eigenvalue weighted by Crippen LogP contribution is 2.28. The number of alkyl halides is 3. The average molecular weight is 460 g/mol. The standard InChI is InChI=1S/C23H23F3N4O3/c1-15(30-19-9-4-3-8-18(19)27-20(22(30)32)23(24,25)26)21(31)29-12-10-28(11-13-29)16-6-5-7-17(14-16)33-2/h3-9,14-15H,10-13H2,1-2H3/t15-/m1/s1. The minimum absolute atomic E-state index is 0.00641. The number of rotatable bonds is 4. The van der Waals surface area contributed by atoms with Crippen LogP contribution in [0.25, 0.3) is 11.0 Å². The van der Waals surface area contributed by atoms with Crippen molar-refractivity contribution in [3.05, 3.63) is 64.6 Å². The lowest BCUT2D eigenvalue weighted by Crippen LogP contribution is -2.51. The summed E-state index contributed by atoms with van der Waals surface area (Å²) >= 11 is 0. The minimum Gasteiger partial charge on any atom is -0.497 e. The summed E-state index contributed by atoms with van der Waals surface area (Å²) in [7, 11) is 1.59. The molecule has 0 bridgehead atoms. The van der Waals surface area contributed by atoms with Crippen molar-refractivity contribution in [2.45, 2.75) is 19.1 Å². The van der Waals surface area contributed by atoms with Crippen LogP contribution in [-0.2, 0) is 11.0 Å². The monoisotopic (exact) mass is 460 g/mol. The van der Waals surface area contributed by atoms with Crippen LogP contribution in [0.15, 0.2) is 53.3 Å². The first-order chi connectivity index (χ1) is 15.7. The number of para-hydroxylation sites is 2. The van der Waals surface area contributed by atoms with E-state index in [0.717, 1.165) is 16.0 Å². The first-order valence-corrected chi connectivity index (χ1v) is 10.5. The van der Waals surface area contributed by atoms with E-state index in [1.165, 1.54) is 25.1 Å². The van der Waals surface area contributed by atoms with Crippen LogP contribution >= 0.6 is 0 Å². The van der Waals surface area contributed by atoms with Crippen molar-refractivity contribution in [2.75, 3.05) is 38.2 Å². The lowest BCUT2D eigenvalue weighted by atomic mass is 10.2. The summed E-state index contributed by atoms with van der Waals surface area (Å²) in [6.07, 6.45) is -4.92. The fourth-order valence-corrected chi connectivity index (χ4v) is 4.09. The van der Waals surface area contributed by atoms with Gasteiger partial charge in [0.1, 0.15) is 11.8 Å². The highest BCUT2D eigenvalue weighted by molar-refractivity contribution is 5.83. The highest BCUT2D eigenvalue weighted by atomic mass is 19.4.